The topological polar surface area (TPSA) is 48.1 Å². The van der Waals surface area contributed by atoms with E-state index in [0.29, 0.717) is 0 Å². The monoisotopic (exact) mass is 246 g/mol. The molecule has 1 heterocycles. The van der Waals surface area contributed by atoms with Crippen LogP contribution < -0.4 is 10.5 Å². The van der Waals surface area contributed by atoms with E-state index in [1.807, 2.05) is 24.3 Å². The SMILES string of the molecule is COc1cccc(SCc2cc(N)ccn2)c1. The minimum atomic E-state index is 0.751. The van der Waals surface area contributed by atoms with Crippen molar-refractivity contribution in [1.29, 1.82) is 0 Å². The number of nitrogens with zero attached hydrogens (tertiary/aromatic N) is 1. The smallest absolute Gasteiger partial charge is 0.119 e. The second kappa shape index (κ2) is 5.59. The van der Waals surface area contributed by atoms with E-state index < -0.39 is 0 Å². The summed E-state index contributed by atoms with van der Waals surface area (Å²) in [6, 6.07) is 11.7. The zero-order chi connectivity index (χ0) is 12.1. The molecule has 0 amide bonds. The third-order valence-corrected chi connectivity index (χ3v) is 3.30. The molecule has 1 aromatic carbocycles. The minimum Gasteiger partial charge on any atom is -0.497 e. The van der Waals surface area contributed by atoms with Gasteiger partial charge in [0.1, 0.15) is 5.75 Å². The molecule has 0 aliphatic rings. The number of aromatic nitrogens is 1. The van der Waals surface area contributed by atoms with Crippen LogP contribution in [0.4, 0.5) is 5.69 Å². The normalized spacial score (nSPS) is 10.2. The fourth-order valence-corrected chi connectivity index (χ4v) is 2.27. The number of pyridine rings is 1. The van der Waals surface area contributed by atoms with E-state index in [1.165, 1.54) is 0 Å². The fraction of sp³-hybridized carbons (Fsp3) is 0.154. The van der Waals surface area contributed by atoms with Crippen molar-refractivity contribution in [2.45, 2.75) is 10.6 Å². The number of anilines is 1. The summed E-state index contributed by atoms with van der Waals surface area (Å²) in [6.07, 6.45) is 1.73. The van der Waals surface area contributed by atoms with Crippen molar-refractivity contribution >= 4 is 17.4 Å². The molecule has 17 heavy (non-hydrogen) atoms. The van der Waals surface area contributed by atoms with Crippen molar-refractivity contribution in [3.63, 3.8) is 0 Å². The number of nitrogen functional groups attached to an aromatic ring is 1. The van der Waals surface area contributed by atoms with Crippen molar-refractivity contribution in [3.05, 3.63) is 48.3 Å². The number of ether oxygens (including phenoxy) is 1. The van der Waals surface area contributed by atoms with Crippen LogP contribution in [0.2, 0.25) is 0 Å². The third-order valence-electron chi connectivity index (χ3n) is 2.27. The molecule has 0 unspecified atom stereocenters. The number of hydrogen-bond donors (Lipinski definition) is 1. The number of methoxy groups -OCH3 is 1. The Kier molecular flexibility index (Phi) is 3.88. The van der Waals surface area contributed by atoms with E-state index in [9.17, 15) is 0 Å². The lowest BCUT2D eigenvalue weighted by Crippen LogP contribution is -1.90. The maximum atomic E-state index is 5.70. The highest BCUT2D eigenvalue weighted by Gasteiger charge is 1.99. The maximum absolute atomic E-state index is 5.70. The highest BCUT2D eigenvalue weighted by atomic mass is 32.2. The van der Waals surface area contributed by atoms with E-state index in [2.05, 4.69) is 11.1 Å². The van der Waals surface area contributed by atoms with Gasteiger partial charge in [0.15, 0.2) is 0 Å². The van der Waals surface area contributed by atoms with Crippen LogP contribution in [0.3, 0.4) is 0 Å². The van der Waals surface area contributed by atoms with Gasteiger partial charge >= 0.3 is 0 Å². The molecule has 3 nitrogen and oxygen atoms in total. The number of nitrogens with two attached hydrogens (primary N) is 1. The van der Waals surface area contributed by atoms with Crippen LogP contribution in [0.1, 0.15) is 5.69 Å². The molecular formula is C13H14N2OS. The largest absolute Gasteiger partial charge is 0.497 e. The first-order valence-corrected chi connectivity index (χ1v) is 6.24. The molecule has 88 valence electrons. The Labute approximate surface area is 105 Å². The lowest BCUT2D eigenvalue weighted by atomic mass is 10.3. The van der Waals surface area contributed by atoms with Gasteiger partial charge in [-0.05, 0) is 30.3 Å². The first-order chi connectivity index (χ1) is 8.28. The van der Waals surface area contributed by atoms with Gasteiger partial charge in [0, 0.05) is 22.5 Å². The van der Waals surface area contributed by atoms with Crippen molar-refractivity contribution in [2.24, 2.45) is 0 Å². The Morgan fingerprint density at radius 2 is 2.18 bits per heavy atom. The predicted octanol–water partition coefficient (Wildman–Crippen LogP) is 2.96. The Hall–Kier alpha value is -1.68. The summed E-state index contributed by atoms with van der Waals surface area (Å²) >= 11 is 1.71. The van der Waals surface area contributed by atoms with Crippen molar-refractivity contribution in [1.82, 2.24) is 4.98 Å². The summed E-state index contributed by atoms with van der Waals surface area (Å²) in [7, 11) is 1.67. The summed E-state index contributed by atoms with van der Waals surface area (Å²) in [6.45, 7) is 0. The molecule has 2 rings (SSSR count). The Balaban J connectivity index is 2.02. The van der Waals surface area contributed by atoms with Gasteiger partial charge in [-0.3, -0.25) is 4.98 Å². The molecule has 1 aromatic heterocycles. The van der Waals surface area contributed by atoms with Gasteiger partial charge in [0.2, 0.25) is 0 Å². The van der Waals surface area contributed by atoms with Crippen LogP contribution in [0.15, 0.2) is 47.5 Å². The van der Waals surface area contributed by atoms with Gasteiger partial charge < -0.3 is 10.5 Å². The predicted molar refractivity (Wildman–Crippen MR) is 71.2 cm³/mol. The Bertz CT molecular complexity index is 502. The lowest BCUT2D eigenvalue weighted by molar-refractivity contribution is 0.413. The first-order valence-electron chi connectivity index (χ1n) is 5.25. The molecule has 0 radical (unpaired) electrons. The lowest BCUT2D eigenvalue weighted by Gasteiger charge is -2.04. The fourth-order valence-electron chi connectivity index (χ4n) is 1.42. The zero-order valence-corrected chi connectivity index (χ0v) is 10.4. The van der Waals surface area contributed by atoms with Gasteiger partial charge in [-0.1, -0.05) is 6.07 Å². The molecule has 0 bridgehead atoms. The molecule has 0 saturated heterocycles. The maximum Gasteiger partial charge on any atom is 0.119 e. The van der Waals surface area contributed by atoms with Gasteiger partial charge in [-0.25, -0.2) is 0 Å². The van der Waals surface area contributed by atoms with Crippen LogP contribution in [0.25, 0.3) is 0 Å². The highest BCUT2D eigenvalue weighted by molar-refractivity contribution is 7.98. The number of thioether (sulfide) groups is 1. The molecule has 4 heteroatoms. The molecule has 2 aromatic rings. The van der Waals surface area contributed by atoms with E-state index >= 15 is 0 Å². The van der Waals surface area contributed by atoms with Gasteiger partial charge in [0.25, 0.3) is 0 Å². The third kappa shape index (κ3) is 3.39. The molecule has 0 saturated carbocycles. The average Bonchev–Trinajstić information content (AvgIpc) is 2.37. The number of benzene rings is 1. The second-order valence-corrected chi connectivity index (χ2v) is 4.60. The van der Waals surface area contributed by atoms with E-state index in [-0.39, 0.29) is 0 Å². The molecule has 0 spiro atoms. The summed E-state index contributed by atoms with van der Waals surface area (Å²) in [5.74, 6) is 1.67. The quantitative estimate of drug-likeness (QED) is 0.843. The first kappa shape index (κ1) is 11.8. The van der Waals surface area contributed by atoms with Crippen LogP contribution >= 0.6 is 11.8 Å². The number of rotatable bonds is 4. The van der Waals surface area contributed by atoms with E-state index in [4.69, 9.17) is 10.5 Å². The van der Waals surface area contributed by atoms with Crippen LogP contribution in [-0.2, 0) is 5.75 Å². The van der Waals surface area contributed by atoms with Crippen molar-refractivity contribution in [3.8, 4) is 5.75 Å². The molecule has 0 aliphatic carbocycles. The zero-order valence-electron chi connectivity index (χ0n) is 9.59. The van der Waals surface area contributed by atoms with Gasteiger partial charge in [-0.15, -0.1) is 11.8 Å². The molecule has 0 aliphatic heterocycles. The van der Waals surface area contributed by atoms with Crippen molar-refractivity contribution < 1.29 is 4.74 Å². The summed E-state index contributed by atoms with van der Waals surface area (Å²) < 4.78 is 5.18. The number of hydrogen-bond acceptors (Lipinski definition) is 4. The second-order valence-electron chi connectivity index (χ2n) is 3.55. The summed E-state index contributed by atoms with van der Waals surface area (Å²) in [5, 5.41) is 0. The minimum absolute atomic E-state index is 0.751. The standard InChI is InChI=1S/C13H14N2OS/c1-16-12-3-2-4-13(8-12)17-9-11-7-10(14)5-6-15-11/h2-8H,9H2,1H3,(H2,14,15). The van der Waals surface area contributed by atoms with E-state index in [1.54, 1.807) is 31.1 Å². The Morgan fingerprint density at radius 1 is 1.29 bits per heavy atom. The summed E-state index contributed by atoms with van der Waals surface area (Å²) in [5.41, 5.74) is 7.44. The molecule has 0 fully saturated rings. The van der Waals surface area contributed by atoms with Gasteiger partial charge in [0.05, 0.1) is 12.8 Å². The van der Waals surface area contributed by atoms with Crippen LogP contribution in [-0.4, -0.2) is 12.1 Å². The van der Waals surface area contributed by atoms with Crippen molar-refractivity contribution in [2.75, 3.05) is 12.8 Å². The highest BCUT2D eigenvalue weighted by Crippen LogP contribution is 2.25. The molecule has 2 N–H and O–H groups in total. The summed E-state index contributed by atoms with van der Waals surface area (Å²) in [4.78, 5) is 5.43. The average molecular weight is 246 g/mol. The van der Waals surface area contributed by atoms with Gasteiger partial charge in [-0.2, -0.15) is 0 Å². The molecule has 0 atom stereocenters. The van der Waals surface area contributed by atoms with Crippen LogP contribution in [0, 0.1) is 0 Å². The van der Waals surface area contributed by atoms with E-state index in [0.717, 1.165) is 27.8 Å². The Morgan fingerprint density at radius 3 is 2.94 bits per heavy atom. The molecular weight excluding hydrogens is 232 g/mol. The van der Waals surface area contributed by atoms with Crippen LogP contribution in [0.5, 0.6) is 5.75 Å².